The second-order valence-corrected chi connectivity index (χ2v) is 11.8. The first-order valence-electron chi connectivity index (χ1n) is 15.9. The quantitative estimate of drug-likeness (QED) is 0.0358. The van der Waals surface area contributed by atoms with E-state index in [1.165, 1.54) is 0 Å². The smallest absolute Gasteiger partial charge is 0.328 e. The van der Waals surface area contributed by atoms with E-state index in [0.717, 1.165) is 54.8 Å². The number of carbonyl (C=O) groups excluding carboxylic acids is 2. The lowest BCUT2D eigenvalue weighted by Gasteiger charge is -2.24. The first-order valence-corrected chi connectivity index (χ1v) is 15.9. The zero-order valence-corrected chi connectivity index (χ0v) is 27.3. The number of nitrogens with one attached hydrogen (secondary N) is 2. The molecule has 12 heteroatoms. The Morgan fingerprint density at radius 3 is 2.12 bits per heavy atom. The molecule has 0 fully saturated rings. The van der Waals surface area contributed by atoms with Gasteiger partial charge in [-0.25, -0.2) is 22.4 Å². The van der Waals surface area contributed by atoms with E-state index in [0.29, 0.717) is 36.8 Å². The Bertz CT molecular complexity index is 1890. The van der Waals surface area contributed by atoms with Crippen molar-refractivity contribution in [2.24, 2.45) is 0 Å². The summed E-state index contributed by atoms with van der Waals surface area (Å²) in [6.07, 6.45) is 1.35. The molecule has 0 radical (unpaired) electrons. The van der Waals surface area contributed by atoms with E-state index in [9.17, 15) is 23.5 Å². The highest BCUT2D eigenvalue weighted by Crippen LogP contribution is 2.31. The van der Waals surface area contributed by atoms with Crippen LogP contribution in [0.25, 0.3) is 5.76 Å². The number of aliphatic hydroxyl groups is 1. The first kappa shape index (κ1) is 35.8. The molecular formula is C38H35F4N3O5. The normalized spacial score (nSPS) is 13.6. The van der Waals surface area contributed by atoms with Crippen molar-refractivity contribution < 1.29 is 41.7 Å². The minimum absolute atomic E-state index is 0.00487. The Morgan fingerprint density at radius 1 is 0.900 bits per heavy atom. The molecule has 5 rings (SSSR count). The van der Waals surface area contributed by atoms with Crippen LogP contribution in [0.5, 0.6) is 5.75 Å². The van der Waals surface area contributed by atoms with Crippen molar-refractivity contribution in [2.45, 2.75) is 45.3 Å². The number of anilines is 1. The molecule has 260 valence electrons. The number of rotatable bonds is 12. The number of amidine groups is 1. The summed E-state index contributed by atoms with van der Waals surface area (Å²) in [6, 6.07) is 20.3. The number of benzene rings is 4. The van der Waals surface area contributed by atoms with Crippen molar-refractivity contribution in [1.29, 1.82) is 5.41 Å². The number of fused-ring (bicyclic) bond motifs is 1. The molecule has 4 aromatic carbocycles. The highest BCUT2D eigenvalue weighted by Gasteiger charge is 2.30. The number of amides is 1. The Balaban J connectivity index is 1.21. The van der Waals surface area contributed by atoms with Gasteiger partial charge in [-0.2, -0.15) is 0 Å². The number of carbonyl (C=O) groups is 2. The average Bonchev–Trinajstić information content (AvgIpc) is 3.49. The van der Waals surface area contributed by atoms with Gasteiger partial charge in [0.1, 0.15) is 46.8 Å². The van der Waals surface area contributed by atoms with Crippen LogP contribution in [0.15, 0.2) is 90.5 Å². The van der Waals surface area contributed by atoms with Crippen molar-refractivity contribution in [3.63, 3.8) is 0 Å². The van der Waals surface area contributed by atoms with Gasteiger partial charge in [-0.15, -0.1) is 0 Å². The average molecular weight is 690 g/mol. The summed E-state index contributed by atoms with van der Waals surface area (Å²) in [5, 5.41) is 22.2. The number of hydrogen-bond donors (Lipinski definition) is 3. The maximum absolute atomic E-state index is 15.3. The van der Waals surface area contributed by atoms with Crippen LogP contribution in [0.2, 0.25) is 0 Å². The number of hydrogen-bond acceptors (Lipinski definition) is 7. The minimum atomic E-state index is -1.24. The van der Waals surface area contributed by atoms with Gasteiger partial charge < -0.3 is 19.9 Å². The molecule has 3 N–H and O–H groups in total. The van der Waals surface area contributed by atoms with Crippen molar-refractivity contribution >= 4 is 29.2 Å². The highest BCUT2D eigenvalue weighted by molar-refractivity contribution is 6.23. The van der Waals surface area contributed by atoms with Crippen molar-refractivity contribution in [2.75, 3.05) is 18.1 Å². The maximum atomic E-state index is 15.3. The molecule has 0 heterocycles. The van der Waals surface area contributed by atoms with E-state index in [4.69, 9.17) is 14.9 Å². The Hall–Kier alpha value is -5.49. The van der Waals surface area contributed by atoms with Gasteiger partial charge in [0, 0.05) is 43.5 Å². The van der Waals surface area contributed by atoms with Crippen molar-refractivity contribution in [3.8, 4) is 5.75 Å². The lowest BCUT2D eigenvalue weighted by Crippen LogP contribution is -2.37. The minimum Gasteiger partial charge on any atom is -0.507 e. The summed E-state index contributed by atoms with van der Waals surface area (Å²) in [6.45, 7) is 2.40. The van der Waals surface area contributed by atoms with E-state index in [2.05, 4.69) is 5.32 Å². The lowest BCUT2D eigenvalue weighted by molar-refractivity contribution is -0.151. The molecule has 0 bridgehead atoms. The zero-order valence-electron chi connectivity index (χ0n) is 27.3. The molecule has 1 amide bonds. The third kappa shape index (κ3) is 8.20. The molecule has 0 aliphatic heterocycles. The fourth-order valence-electron chi connectivity index (χ4n) is 5.75. The van der Waals surface area contributed by atoms with Crippen LogP contribution >= 0.6 is 0 Å². The van der Waals surface area contributed by atoms with Gasteiger partial charge >= 0.3 is 5.97 Å². The number of esters is 1. The molecule has 0 spiro atoms. The number of halogens is 4. The van der Waals surface area contributed by atoms with Crippen LogP contribution in [-0.4, -0.2) is 42.1 Å². The number of ether oxygens (including phenoxy) is 2. The predicted molar refractivity (Wildman–Crippen MR) is 180 cm³/mol. The maximum Gasteiger partial charge on any atom is 0.328 e. The summed E-state index contributed by atoms with van der Waals surface area (Å²) in [4.78, 5) is 26.2. The standard InChI is InChI=1S/C38H35F4N3O5/c1-22(36(47)30-14-13-27(39)19-31(30)40)37(43)45(23(2)46)35-32(41)20-28(21-33(35)42)49-16-8-15-44-34(24-9-4-3-5-10-24)38(48)50-29-17-25-11-6-7-12-26(25)18-29/h3-7,9-14,19-21,29,34,43-44,47H,8,15-18H2,1-2H3/t34-/m0/s1. The predicted octanol–water partition coefficient (Wildman–Crippen LogP) is 7.37. The zero-order chi connectivity index (χ0) is 35.9. The molecule has 0 unspecified atom stereocenters. The molecule has 8 nitrogen and oxygen atoms in total. The van der Waals surface area contributed by atoms with Crippen LogP contribution in [0.1, 0.15) is 48.6 Å². The van der Waals surface area contributed by atoms with Crippen molar-refractivity contribution in [1.82, 2.24) is 5.32 Å². The van der Waals surface area contributed by atoms with Gasteiger partial charge in [-0.3, -0.25) is 15.1 Å². The third-order valence-electron chi connectivity index (χ3n) is 8.25. The Morgan fingerprint density at radius 2 is 1.52 bits per heavy atom. The van der Waals surface area contributed by atoms with Gasteiger partial charge in [0.25, 0.3) is 0 Å². The summed E-state index contributed by atoms with van der Waals surface area (Å²) in [7, 11) is 0. The summed E-state index contributed by atoms with van der Waals surface area (Å²) >= 11 is 0. The number of aliphatic hydroxyl groups excluding tert-OH is 1. The van der Waals surface area contributed by atoms with Crippen LogP contribution in [0, 0.1) is 28.7 Å². The molecule has 1 aliphatic rings. The van der Waals surface area contributed by atoms with Crippen LogP contribution in [-0.2, 0) is 27.2 Å². The lowest BCUT2D eigenvalue weighted by atomic mass is 10.1. The molecule has 4 aromatic rings. The van der Waals surface area contributed by atoms with Gasteiger partial charge in [-0.1, -0.05) is 54.6 Å². The van der Waals surface area contributed by atoms with Gasteiger partial charge in [-0.05, 0) is 48.7 Å². The molecule has 0 saturated heterocycles. The van der Waals surface area contributed by atoms with Gasteiger partial charge in [0.05, 0.1) is 12.2 Å². The third-order valence-corrected chi connectivity index (χ3v) is 8.25. The van der Waals surface area contributed by atoms with Crippen LogP contribution in [0.4, 0.5) is 23.2 Å². The van der Waals surface area contributed by atoms with Gasteiger partial charge in [0.15, 0.2) is 11.6 Å². The summed E-state index contributed by atoms with van der Waals surface area (Å²) in [5.41, 5.74) is 1.26. The monoisotopic (exact) mass is 689 g/mol. The Kier molecular flexibility index (Phi) is 11.3. The SMILES string of the molecule is CC(=O)N(C(=N)C(C)=C(O)c1ccc(F)cc1F)c1c(F)cc(OCCCN[C@H](C(=O)OC2Cc3ccccc3C2)c2ccccc2)cc1F. The first-order chi connectivity index (χ1) is 23.9. The number of nitrogens with zero attached hydrogens (tertiary/aromatic N) is 1. The second-order valence-electron chi connectivity index (χ2n) is 11.8. The molecule has 0 saturated carbocycles. The molecule has 1 aliphatic carbocycles. The fraction of sp³-hybridized carbons (Fsp3) is 0.237. The fourth-order valence-corrected chi connectivity index (χ4v) is 5.75. The largest absolute Gasteiger partial charge is 0.507 e. The topological polar surface area (TPSA) is 112 Å². The summed E-state index contributed by atoms with van der Waals surface area (Å²) < 4.78 is 69.7. The molecular weight excluding hydrogens is 654 g/mol. The second kappa shape index (κ2) is 15.8. The summed E-state index contributed by atoms with van der Waals surface area (Å²) in [5.74, 6) is -7.74. The molecule has 1 atom stereocenters. The highest BCUT2D eigenvalue weighted by atomic mass is 19.1. The molecule has 0 aromatic heterocycles. The van der Waals surface area contributed by atoms with Gasteiger partial charge in [0.2, 0.25) is 5.91 Å². The Labute approximate surface area is 286 Å². The van der Waals surface area contributed by atoms with E-state index < -0.39 is 69.6 Å². The van der Waals surface area contributed by atoms with E-state index in [-0.39, 0.29) is 18.5 Å². The van der Waals surface area contributed by atoms with E-state index in [1.54, 1.807) is 0 Å². The van der Waals surface area contributed by atoms with Crippen molar-refractivity contribution in [3.05, 3.63) is 136 Å². The van der Waals surface area contributed by atoms with E-state index in [1.807, 2.05) is 54.6 Å². The molecule has 50 heavy (non-hydrogen) atoms. The van der Waals surface area contributed by atoms with Crippen LogP contribution in [0.3, 0.4) is 0 Å². The van der Waals surface area contributed by atoms with E-state index >= 15 is 8.78 Å². The van der Waals surface area contributed by atoms with Crippen LogP contribution < -0.4 is 15.0 Å².